The molecule has 2 fully saturated rings. The molecule has 3 nitrogen and oxygen atoms in total. The molecule has 1 saturated heterocycles. The van der Waals surface area contributed by atoms with Gasteiger partial charge in [0.15, 0.2) is 0 Å². The summed E-state index contributed by atoms with van der Waals surface area (Å²) in [5.41, 5.74) is 0.234. The Morgan fingerprint density at radius 3 is 2.40 bits per heavy atom. The first-order valence-corrected chi connectivity index (χ1v) is 8.18. The molecule has 0 aromatic heterocycles. The van der Waals surface area contributed by atoms with Gasteiger partial charge < -0.3 is 9.84 Å². The number of aliphatic hydroxyl groups is 1. The summed E-state index contributed by atoms with van der Waals surface area (Å²) < 4.78 is 6.00. The summed E-state index contributed by atoms with van der Waals surface area (Å²) in [6.07, 6.45) is 3.30. The Labute approximate surface area is 124 Å². The summed E-state index contributed by atoms with van der Waals surface area (Å²) in [6, 6.07) is 0.304. The van der Waals surface area contributed by atoms with E-state index < -0.39 is 0 Å². The molecule has 4 atom stereocenters. The van der Waals surface area contributed by atoms with E-state index in [1.54, 1.807) is 0 Å². The highest BCUT2D eigenvalue weighted by atomic mass is 16.5. The Bertz CT molecular complexity index is 334. The van der Waals surface area contributed by atoms with Gasteiger partial charge in [0, 0.05) is 19.1 Å². The number of morpholine rings is 1. The predicted octanol–water partition coefficient (Wildman–Crippen LogP) is 3.06. The summed E-state index contributed by atoms with van der Waals surface area (Å²) >= 11 is 0. The molecule has 1 N–H and O–H groups in total. The van der Waals surface area contributed by atoms with Crippen LogP contribution in [0, 0.1) is 11.3 Å². The van der Waals surface area contributed by atoms with Crippen LogP contribution < -0.4 is 0 Å². The summed E-state index contributed by atoms with van der Waals surface area (Å²) in [5, 5.41) is 10.5. The molecule has 20 heavy (non-hydrogen) atoms. The van der Waals surface area contributed by atoms with E-state index in [-0.39, 0.29) is 17.8 Å². The smallest absolute Gasteiger partial charge is 0.0757 e. The maximum Gasteiger partial charge on any atom is 0.0757 e. The average molecular weight is 283 g/mol. The van der Waals surface area contributed by atoms with Gasteiger partial charge in [0.1, 0.15) is 0 Å². The van der Waals surface area contributed by atoms with Crippen molar-refractivity contribution in [2.75, 3.05) is 13.1 Å². The second-order valence-corrected chi connectivity index (χ2v) is 8.63. The second kappa shape index (κ2) is 5.58. The Balaban J connectivity index is 2.09. The zero-order chi connectivity index (χ0) is 15.1. The van der Waals surface area contributed by atoms with Gasteiger partial charge in [-0.1, -0.05) is 20.8 Å². The second-order valence-electron chi connectivity index (χ2n) is 8.63. The van der Waals surface area contributed by atoms with E-state index >= 15 is 0 Å². The minimum Gasteiger partial charge on any atom is -0.391 e. The predicted molar refractivity (Wildman–Crippen MR) is 82.8 cm³/mol. The van der Waals surface area contributed by atoms with Gasteiger partial charge in [-0.05, 0) is 51.4 Å². The lowest BCUT2D eigenvalue weighted by molar-refractivity contribution is -0.154. The van der Waals surface area contributed by atoms with Gasteiger partial charge in [-0.2, -0.15) is 0 Å². The Morgan fingerprint density at radius 1 is 1.20 bits per heavy atom. The molecule has 0 aromatic carbocycles. The SMILES string of the molecule is CC1CN(C2CC(C(C)(C)C)CCC2O)CC(C)(C)O1. The van der Waals surface area contributed by atoms with Crippen LogP contribution in [0.2, 0.25) is 0 Å². The molecule has 0 bridgehead atoms. The van der Waals surface area contributed by atoms with Crippen LogP contribution in [0.15, 0.2) is 0 Å². The molecule has 118 valence electrons. The van der Waals surface area contributed by atoms with E-state index in [4.69, 9.17) is 4.74 Å². The molecule has 1 aliphatic carbocycles. The van der Waals surface area contributed by atoms with E-state index in [0.29, 0.717) is 17.4 Å². The third kappa shape index (κ3) is 3.75. The molecule has 0 amide bonds. The largest absolute Gasteiger partial charge is 0.391 e. The lowest BCUT2D eigenvalue weighted by Gasteiger charge is -2.50. The van der Waals surface area contributed by atoms with E-state index in [1.807, 2.05) is 0 Å². The molecule has 0 spiro atoms. The quantitative estimate of drug-likeness (QED) is 0.803. The van der Waals surface area contributed by atoms with Crippen molar-refractivity contribution in [2.24, 2.45) is 11.3 Å². The highest BCUT2D eigenvalue weighted by Gasteiger charge is 2.41. The molecule has 0 aromatic rings. The first-order valence-electron chi connectivity index (χ1n) is 8.18. The molecule has 2 rings (SSSR count). The molecule has 1 aliphatic heterocycles. The van der Waals surface area contributed by atoms with Gasteiger partial charge in [0.25, 0.3) is 0 Å². The Morgan fingerprint density at radius 2 is 1.85 bits per heavy atom. The minimum atomic E-state index is -0.172. The minimum absolute atomic E-state index is 0.105. The van der Waals surface area contributed by atoms with Crippen LogP contribution in [-0.4, -0.2) is 46.9 Å². The van der Waals surface area contributed by atoms with Gasteiger partial charge in [0.2, 0.25) is 0 Å². The van der Waals surface area contributed by atoms with Crippen molar-refractivity contribution in [3.63, 3.8) is 0 Å². The monoisotopic (exact) mass is 283 g/mol. The van der Waals surface area contributed by atoms with Crippen LogP contribution in [-0.2, 0) is 4.74 Å². The third-order valence-corrected chi connectivity index (χ3v) is 5.07. The standard InChI is InChI=1S/C17H33NO2/c1-12-10-18(11-17(5,6)20-12)14-9-13(16(2,3)4)7-8-15(14)19/h12-15,19H,7-11H2,1-6H3. The zero-order valence-corrected chi connectivity index (χ0v) is 14.1. The van der Waals surface area contributed by atoms with E-state index in [2.05, 4.69) is 46.4 Å². The molecular weight excluding hydrogens is 250 g/mol. The van der Waals surface area contributed by atoms with E-state index in [1.165, 1.54) is 0 Å². The lowest BCUT2D eigenvalue weighted by Crippen LogP contribution is -2.59. The van der Waals surface area contributed by atoms with Crippen molar-refractivity contribution in [1.29, 1.82) is 0 Å². The zero-order valence-electron chi connectivity index (χ0n) is 14.1. The van der Waals surface area contributed by atoms with Gasteiger partial charge in [-0.25, -0.2) is 0 Å². The van der Waals surface area contributed by atoms with Crippen LogP contribution in [0.3, 0.4) is 0 Å². The fourth-order valence-corrected chi connectivity index (χ4v) is 4.07. The summed E-state index contributed by atoms with van der Waals surface area (Å²) in [6.45, 7) is 15.3. The van der Waals surface area contributed by atoms with Crippen LogP contribution in [0.4, 0.5) is 0 Å². The fraction of sp³-hybridized carbons (Fsp3) is 1.00. The van der Waals surface area contributed by atoms with Gasteiger partial charge in [-0.3, -0.25) is 4.90 Å². The Hall–Kier alpha value is -0.120. The highest BCUT2D eigenvalue weighted by molar-refractivity contribution is 4.94. The maximum atomic E-state index is 10.5. The van der Waals surface area contributed by atoms with Gasteiger partial charge in [-0.15, -0.1) is 0 Å². The third-order valence-electron chi connectivity index (χ3n) is 5.07. The molecule has 3 heteroatoms. The van der Waals surface area contributed by atoms with Crippen molar-refractivity contribution in [3.05, 3.63) is 0 Å². The van der Waals surface area contributed by atoms with E-state index in [0.717, 1.165) is 32.4 Å². The molecule has 4 unspecified atom stereocenters. The topological polar surface area (TPSA) is 32.7 Å². The van der Waals surface area contributed by atoms with Crippen molar-refractivity contribution < 1.29 is 9.84 Å². The van der Waals surface area contributed by atoms with Crippen LogP contribution >= 0.6 is 0 Å². The number of hydrogen-bond acceptors (Lipinski definition) is 3. The van der Waals surface area contributed by atoms with Crippen LogP contribution in [0.1, 0.15) is 60.8 Å². The number of hydrogen-bond donors (Lipinski definition) is 1. The number of aliphatic hydroxyl groups excluding tert-OH is 1. The van der Waals surface area contributed by atoms with Crippen molar-refractivity contribution in [1.82, 2.24) is 4.90 Å². The molecule has 1 heterocycles. The van der Waals surface area contributed by atoms with Gasteiger partial charge in [0.05, 0.1) is 17.8 Å². The van der Waals surface area contributed by atoms with Crippen molar-refractivity contribution >= 4 is 0 Å². The first-order chi connectivity index (χ1) is 9.08. The van der Waals surface area contributed by atoms with Crippen molar-refractivity contribution in [2.45, 2.75) is 84.7 Å². The van der Waals surface area contributed by atoms with E-state index in [9.17, 15) is 5.11 Å². The molecular formula is C17H33NO2. The molecule has 2 aliphatic rings. The summed E-state index contributed by atoms with van der Waals surface area (Å²) in [4.78, 5) is 2.48. The average Bonchev–Trinajstić information content (AvgIpc) is 2.24. The molecule has 0 radical (unpaired) electrons. The fourth-order valence-electron chi connectivity index (χ4n) is 4.07. The number of nitrogens with zero attached hydrogens (tertiary/aromatic N) is 1. The van der Waals surface area contributed by atoms with Gasteiger partial charge >= 0.3 is 0 Å². The van der Waals surface area contributed by atoms with Crippen LogP contribution in [0.5, 0.6) is 0 Å². The lowest BCUT2D eigenvalue weighted by atomic mass is 9.69. The number of ether oxygens (including phenoxy) is 1. The van der Waals surface area contributed by atoms with Crippen molar-refractivity contribution in [3.8, 4) is 0 Å². The highest BCUT2D eigenvalue weighted by Crippen LogP contribution is 2.40. The summed E-state index contributed by atoms with van der Waals surface area (Å²) in [5.74, 6) is 0.706. The molecule has 1 saturated carbocycles. The first kappa shape index (κ1) is 16.3. The maximum absolute atomic E-state index is 10.5. The normalized spacial score (nSPS) is 39.8. The number of rotatable bonds is 1. The Kier molecular flexibility index (Phi) is 4.54. The van der Waals surface area contributed by atoms with Crippen LogP contribution in [0.25, 0.3) is 0 Å². The summed E-state index contributed by atoms with van der Waals surface area (Å²) in [7, 11) is 0.